The predicted molar refractivity (Wildman–Crippen MR) is 70.1 cm³/mol. The largest absolute Gasteiger partial charge is 0.496 e. The van der Waals surface area contributed by atoms with Crippen molar-refractivity contribution in [2.24, 2.45) is 0 Å². The second-order valence-corrected chi connectivity index (χ2v) is 5.42. The maximum Gasteiger partial charge on any atom is 0.122 e. The topological polar surface area (TPSA) is 21.3 Å². The summed E-state index contributed by atoms with van der Waals surface area (Å²) >= 11 is 3.55. The van der Waals surface area contributed by atoms with Gasteiger partial charge in [0.05, 0.1) is 7.11 Å². The fraction of sp³-hybridized carbons (Fsp3) is 0.538. The number of ether oxygens (including phenoxy) is 1. The highest BCUT2D eigenvalue weighted by Crippen LogP contribution is 2.47. The molecule has 0 radical (unpaired) electrons. The van der Waals surface area contributed by atoms with E-state index in [2.05, 4.69) is 33.4 Å². The van der Waals surface area contributed by atoms with E-state index in [1.165, 1.54) is 24.8 Å². The van der Waals surface area contributed by atoms with Crippen LogP contribution in [0.4, 0.5) is 0 Å². The van der Waals surface area contributed by atoms with Gasteiger partial charge in [0, 0.05) is 22.0 Å². The Morgan fingerprint density at radius 2 is 2.19 bits per heavy atom. The summed E-state index contributed by atoms with van der Waals surface area (Å²) in [7, 11) is 3.77. The third kappa shape index (κ3) is 1.98. The third-order valence-corrected chi connectivity index (χ3v) is 4.05. The van der Waals surface area contributed by atoms with Crippen molar-refractivity contribution in [1.29, 1.82) is 0 Å². The number of halogens is 1. The Hall–Kier alpha value is -0.540. The van der Waals surface area contributed by atoms with Crippen LogP contribution in [0.2, 0.25) is 0 Å². The van der Waals surface area contributed by atoms with Crippen LogP contribution in [0.25, 0.3) is 0 Å². The monoisotopic (exact) mass is 283 g/mol. The summed E-state index contributed by atoms with van der Waals surface area (Å²) in [5.74, 6) is 1.01. The molecular weight excluding hydrogens is 266 g/mol. The molecule has 1 aromatic rings. The van der Waals surface area contributed by atoms with Crippen molar-refractivity contribution >= 4 is 15.9 Å². The quantitative estimate of drug-likeness (QED) is 0.917. The summed E-state index contributed by atoms with van der Waals surface area (Å²) in [6.45, 7) is 1.03. The van der Waals surface area contributed by atoms with E-state index in [0.29, 0.717) is 0 Å². The van der Waals surface area contributed by atoms with Gasteiger partial charge in [-0.05, 0) is 38.1 Å². The molecule has 1 N–H and O–H groups in total. The first-order chi connectivity index (χ1) is 7.72. The molecule has 16 heavy (non-hydrogen) atoms. The number of nitrogens with one attached hydrogen (secondary N) is 1. The summed E-state index contributed by atoms with van der Waals surface area (Å²) in [6.07, 6.45) is 3.82. The van der Waals surface area contributed by atoms with Crippen LogP contribution in [0, 0.1) is 0 Å². The van der Waals surface area contributed by atoms with Crippen LogP contribution < -0.4 is 10.1 Å². The highest BCUT2D eigenvalue weighted by Gasteiger charge is 2.40. The minimum Gasteiger partial charge on any atom is -0.496 e. The van der Waals surface area contributed by atoms with Crippen molar-refractivity contribution in [1.82, 2.24) is 5.32 Å². The van der Waals surface area contributed by atoms with E-state index in [1.807, 2.05) is 13.1 Å². The van der Waals surface area contributed by atoms with Crippen LogP contribution in [0.3, 0.4) is 0 Å². The van der Waals surface area contributed by atoms with Gasteiger partial charge in [-0.1, -0.05) is 22.4 Å². The zero-order chi connectivity index (χ0) is 11.6. The minimum atomic E-state index is 0.282. The number of rotatable bonds is 4. The highest BCUT2D eigenvalue weighted by atomic mass is 79.9. The minimum absolute atomic E-state index is 0.282. The lowest BCUT2D eigenvalue weighted by atomic mass is 9.64. The molecule has 88 valence electrons. The SMILES string of the molecule is CNCC1(c2cc(Br)ccc2OC)CCC1. The Bertz CT molecular complexity index is 374. The molecular formula is C13H18BrNO. The summed E-state index contributed by atoms with van der Waals surface area (Å²) < 4.78 is 6.61. The highest BCUT2D eigenvalue weighted by molar-refractivity contribution is 9.10. The number of hydrogen-bond acceptors (Lipinski definition) is 2. The Morgan fingerprint density at radius 1 is 1.44 bits per heavy atom. The van der Waals surface area contributed by atoms with Gasteiger partial charge in [-0.15, -0.1) is 0 Å². The Balaban J connectivity index is 2.40. The standard InChI is InChI=1S/C13H18BrNO/c1-15-9-13(6-3-7-13)11-8-10(14)4-5-12(11)16-2/h4-5,8,15H,3,6-7,9H2,1-2H3. The second-order valence-electron chi connectivity index (χ2n) is 4.51. The lowest BCUT2D eigenvalue weighted by molar-refractivity contribution is 0.230. The van der Waals surface area contributed by atoms with Gasteiger partial charge in [0.15, 0.2) is 0 Å². The molecule has 1 aliphatic rings. The first-order valence-corrected chi connectivity index (χ1v) is 6.50. The van der Waals surface area contributed by atoms with Gasteiger partial charge in [-0.3, -0.25) is 0 Å². The fourth-order valence-corrected chi connectivity index (χ4v) is 2.94. The van der Waals surface area contributed by atoms with Crippen LogP contribution in [-0.2, 0) is 5.41 Å². The maximum absolute atomic E-state index is 5.48. The van der Waals surface area contributed by atoms with E-state index >= 15 is 0 Å². The molecule has 0 heterocycles. The number of methoxy groups -OCH3 is 1. The molecule has 0 bridgehead atoms. The number of likely N-dealkylation sites (N-methyl/N-ethyl adjacent to an activating group) is 1. The van der Waals surface area contributed by atoms with Crippen molar-refractivity contribution in [2.45, 2.75) is 24.7 Å². The molecule has 0 saturated heterocycles. The maximum atomic E-state index is 5.48. The van der Waals surface area contributed by atoms with Crippen LogP contribution in [-0.4, -0.2) is 20.7 Å². The van der Waals surface area contributed by atoms with Gasteiger partial charge < -0.3 is 10.1 Å². The third-order valence-electron chi connectivity index (χ3n) is 3.56. The molecule has 0 unspecified atom stereocenters. The van der Waals surface area contributed by atoms with Crippen molar-refractivity contribution in [3.8, 4) is 5.75 Å². The Labute approximate surface area is 106 Å². The normalized spacial score (nSPS) is 17.9. The molecule has 1 aliphatic carbocycles. The summed E-state index contributed by atoms with van der Waals surface area (Å²) in [5, 5.41) is 3.31. The molecule has 0 amide bonds. The molecule has 2 nitrogen and oxygen atoms in total. The van der Waals surface area contributed by atoms with E-state index in [4.69, 9.17) is 4.74 Å². The van der Waals surface area contributed by atoms with Gasteiger partial charge in [0.2, 0.25) is 0 Å². The van der Waals surface area contributed by atoms with Crippen LogP contribution in [0.15, 0.2) is 22.7 Å². The first kappa shape index (κ1) is 11.9. The molecule has 0 atom stereocenters. The van der Waals surface area contributed by atoms with Crippen LogP contribution >= 0.6 is 15.9 Å². The van der Waals surface area contributed by atoms with Gasteiger partial charge >= 0.3 is 0 Å². The van der Waals surface area contributed by atoms with Gasteiger partial charge in [0.1, 0.15) is 5.75 Å². The van der Waals surface area contributed by atoms with Crippen molar-refractivity contribution in [2.75, 3.05) is 20.7 Å². The van der Waals surface area contributed by atoms with Crippen LogP contribution in [0.5, 0.6) is 5.75 Å². The van der Waals surface area contributed by atoms with Crippen molar-refractivity contribution < 1.29 is 4.74 Å². The molecule has 0 aliphatic heterocycles. The van der Waals surface area contributed by atoms with E-state index in [1.54, 1.807) is 7.11 Å². The van der Waals surface area contributed by atoms with Gasteiger partial charge in [-0.2, -0.15) is 0 Å². The van der Waals surface area contributed by atoms with E-state index in [0.717, 1.165) is 16.8 Å². The molecule has 1 fully saturated rings. The lowest BCUT2D eigenvalue weighted by Gasteiger charge is -2.43. The van der Waals surface area contributed by atoms with Crippen molar-refractivity contribution in [3.05, 3.63) is 28.2 Å². The molecule has 1 aromatic carbocycles. The molecule has 2 rings (SSSR count). The number of hydrogen-bond donors (Lipinski definition) is 1. The smallest absolute Gasteiger partial charge is 0.122 e. The second kappa shape index (κ2) is 4.76. The molecule has 0 spiro atoms. The van der Waals surface area contributed by atoms with E-state index in [9.17, 15) is 0 Å². The van der Waals surface area contributed by atoms with E-state index < -0.39 is 0 Å². The lowest BCUT2D eigenvalue weighted by Crippen LogP contribution is -2.43. The van der Waals surface area contributed by atoms with Gasteiger partial charge in [-0.25, -0.2) is 0 Å². The summed E-state index contributed by atoms with van der Waals surface area (Å²) in [4.78, 5) is 0. The first-order valence-electron chi connectivity index (χ1n) is 5.70. The Morgan fingerprint density at radius 3 is 2.69 bits per heavy atom. The average molecular weight is 284 g/mol. The zero-order valence-electron chi connectivity index (χ0n) is 9.85. The van der Waals surface area contributed by atoms with Crippen molar-refractivity contribution in [3.63, 3.8) is 0 Å². The average Bonchev–Trinajstić information content (AvgIpc) is 2.23. The Kier molecular flexibility index (Phi) is 3.55. The predicted octanol–water partition coefficient (Wildman–Crippen LogP) is 3.10. The fourth-order valence-electron chi connectivity index (χ4n) is 2.58. The molecule has 0 aromatic heterocycles. The van der Waals surface area contributed by atoms with Crippen LogP contribution in [0.1, 0.15) is 24.8 Å². The summed E-state index contributed by atoms with van der Waals surface area (Å²) in [5.41, 5.74) is 1.62. The summed E-state index contributed by atoms with van der Waals surface area (Å²) in [6, 6.07) is 6.29. The molecule has 1 saturated carbocycles. The van der Waals surface area contributed by atoms with E-state index in [-0.39, 0.29) is 5.41 Å². The van der Waals surface area contributed by atoms with Gasteiger partial charge in [0.25, 0.3) is 0 Å². The molecule has 3 heteroatoms. The number of benzene rings is 1. The zero-order valence-corrected chi connectivity index (χ0v) is 11.4.